The maximum absolute atomic E-state index is 12.7. The van der Waals surface area contributed by atoms with Gasteiger partial charge in [0.1, 0.15) is 12.3 Å². The summed E-state index contributed by atoms with van der Waals surface area (Å²) in [5, 5.41) is 12.5. The van der Waals surface area contributed by atoms with Gasteiger partial charge in [-0.1, -0.05) is 17.7 Å². The van der Waals surface area contributed by atoms with E-state index in [0.717, 1.165) is 28.3 Å². The van der Waals surface area contributed by atoms with Crippen LogP contribution < -0.4 is 10.1 Å². The summed E-state index contributed by atoms with van der Waals surface area (Å²) in [5.74, 6) is -0.373. The molecule has 0 fully saturated rings. The average molecular weight is 427 g/mol. The predicted molar refractivity (Wildman–Crippen MR) is 117 cm³/mol. The number of hydrogen-bond acceptors (Lipinski definition) is 3. The summed E-state index contributed by atoms with van der Waals surface area (Å²) in [4.78, 5) is 23.8. The number of methoxy groups -OCH3 is 1. The number of carboxylic acids is 1. The zero-order valence-corrected chi connectivity index (χ0v) is 17.6. The maximum atomic E-state index is 12.7. The Morgan fingerprint density at radius 2 is 1.83 bits per heavy atom. The molecular formula is C23H23ClN2O4. The molecule has 2 aromatic carbocycles. The molecule has 0 radical (unpaired) electrons. The van der Waals surface area contributed by atoms with Crippen molar-refractivity contribution in [1.29, 1.82) is 0 Å². The molecule has 0 aliphatic heterocycles. The molecule has 3 rings (SSSR count). The molecule has 0 unspecified atom stereocenters. The third-order valence-corrected chi connectivity index (χ3v) is 5.22. The number of aryl methyl sites for hydroxylation is 2. The van der Waals surface area contributed by atoms with Crippen LogP contribution in [0.4, 0.5) is 5.69 Å². The Morgan fingerprint density at radius 1 is 1.10 bits per heavy atom. The van der Waals surface area contributed by atoms with Crippen LogP contribution in [-0.2, 0) is 22.6 Å². The van der Waals surface area contributed by atoms with E-state index in [0.29, 0.717) is 17.1 Å². The lowest BCUT2D eigenvalue weighted by Gasteiger charge is -2.14. The molecule has 7 heteroatoms. The molecule has 0 spiro atoms. The number of aliphatic carboxylic acids is 1. The minimum absolute atomic E-state index is 0.0126. The van der Waals surface area contributed by atoms with E-state index in [1.54, 1.807) is 19.2 Å². The number of benzene rings is 2. The molecule has 2 N–H and O–H groups in total. The Kier molecular flexibility index (Phi) is 6.79. The van der Waals surface area contributed by atoms with Crippen molar-refractivity contribution < 1.29 is 19.4 Å². The summed E-state index contributed by atoms with van der Waals surface area (Å²) < 4.78 is 7.05. The maximum Gasteiger partial charge on any atom is 0.303 e. The topological polar surface area (TPSA) is 80.6 Å². The minimum atomic E-state index is -0.882. The highest BCUT2D eigenvalue weighted by Crippen LogP contribution is 2.26. The first-order valence-corrected chi connectivity index (χ1v) is 9.86. The molecule has 0 saturated heterocycles. The third-order valence-electron chi connectivity index (χ3n) is 4.81. The average Bonchev–Trinajstić information content (AvgIpc) is 3.11. The lowest BCUT2D eigenvalue weighted by atomic mass is 10.1. The van der Waals surface area contributed by atoms with Crippen LogP contribution in [0.3, 0.4) is 0 Å². The first kappa shape index (κ1) is 21.5. The molecule has 1 aromatic heterocycles. The standard InChI is InChI=1S/C23H23ClN2O4/c1-15-3-6-17(13-20(15)24)25-22(27)14-26-18(8-12-23(28)29)7-11-21(26)16-4-9-19(30-2)10-5-16/h3-7,9-11,13H,8,12,14H2,1-2H3,(H,25,27)(H,28,29). The largest absolute Gasteiger partial charge is 0.497 e. The summed E-state index contributed by atoms with van der Waals surface area (Å²) >= 11 is 6.14. The Bertz CT molecular complexity index is 1060. The second-order valence-electron chi connectivity index (χ2n) is 6.93. The van der Waals surface area contributed by atoms with Gasteiger partial charge >= 0.3 is 5.97 Å². The first-order chi connectivity index (χ1) is 14.4. The molecular weight excluding hydrogens is 404 g/mol. The van der Waals surface area contributed by atoms with Crippen molar-refractivity contribution in [3.8, 4) is 17.0 Å². The lowest BCUT2D eigenvalue weighted by molar-refractivity contribution is -0.137. The summed E-state index contributed by atoms with van der Waals surface area (Å²) in [6, 6.07) is 16.6. The third kappa shape index (κ3) is 5.21. The highest BCUT2D eigenvalue weighted by atomic mass is 35.5. The van der Waals surface area contributed by atoms with E-state index < -0.39 is 5.97 Å². The number of carboxylic acid groups (broad SMARTS) is 1. The lowest BCUT2D eigenvalue weighted by Crippen LogP contribution is -2.21. The van der Waals surface area contributed by atoms with Crippen LogP contribution in [0.15, 0.2) is 54.6 Å². The van der Waals surface area contributed by atoms with Gasteiger partial charge in [0, 0.05) is 22.1 Å². The molecule has 30 heavy (non-hydrogen) atoms. The van der Waals surface area contributed by atoms with Crippen molar-refractivity contribution in [1.82, 2.24) is 4.57 Å². The second-order valence-corrected chi connectivity index (χ2v) is 7.34. The molecule has 1 amide bonds. The van der Waals surface area contributed by atoms with Gasteiger partial charge in [-0.25, -0.2) is 0 Å². The zero-order chi connectivity index (χ0) is 21.7. The number of hydrogen-bond donors (Lipinski definition) is 2. The Labute approximate surface area is 180 Å². The van der Waals surface area contributed by atoms with Crippen molar-refractivity contribution in [2.24, 2.45) is 0 Å². The van der Waals surface area contributed by atoms with Gasteiger partial charge in [-0.3, -0.25) is 9.59 Å². The second kappa shape index (κ2) is 9.50. The van der Waals surface area contributed by atoms with Crippen LogP contribution >= 0.6 is 11.6 Å². The molecule has 0 saturated carbocycles. The van der Waals surface area contributed by atoms with Crippen molar-refractivity contribution in [3.05, 3.63) is 70.9 Å². The zero-order valence-electron chi connectivity index (χ0n) is 16.8. The van der Waals surface area contributed by atoms with E-state index in [1.165, 1.54) is 0 Å². The van der Waals surface area contributed by atoms with Gasteiger partial charge in [0.2, 0.25) is 5.91 Å². The molecule has 0 bridgehead atoms. The van der Waals surface area contributed by atoms with Gasteiger partial charge in [0.15, 0.2) is 0 Å². The molecule has 0 aliphatic rings. The van der Waals surface area contributed by atoms with Gasteiger partial charge in [0.05, 0.1) is 13.5 Å². The monoisotopic (exact) mass is 426 g/mol. The molecule has 3 aromatic rings. The fraction of sp³-hybridized carbons (Fsp3) is 0.217. The van der Waals surface area contributed by atoms with Crippen molar-refractivity contribution >= 4 is 29.2 Å². The fourth-order valence-electron chi connectivity index (χ4n) is 3.18. The molecule has 1 heterocycles. The molecule has 0 aliphatic carbocycles. The SMILES string of the molecule is COc1ccc(-c2ccc(CCC(=O)O)n2CC(=O)Nc2ccc(C)c(Cl)c2)cc1. The molecule has 6 nitrogen and oxygen atoms in total. The van der Waals surface area contributed by atoms with Crippen LogP contribution in [0, 0.1) is 6.92 Å². The summed E-state index contributed by atoms with van der Waals surface area (Å²) in [6.45, 7) is 1.94. The van der Waals surface area contributed by atoms with Gasteiger partial charge in [-0.05, 0) is 73.0 Å². The van der Waals surface area contributed by atoms with Gasteiger partial charge in [0.25, 0.3) is 0 Å². The van der Waals surface area contributed by atoms with Crippen LogP contribution in [0.2, 0.25) is 5.02 Å². The highest BCUT2D eigenvalue weighted by molar-refractivity contribution is 6.31. The van der Waals surface area contributed by atoms with Gasteiger partial charge in [-0.2, -0.15) is 0 Å². The number of aromatic nitrogens is 1. The fourth-order valence-corrected chi connectivity index (χ4v) is 3.36. The van der Waals surface area contributed by atoms with E-state index >= 15 is 0 Å². The number of nitrogens with zero attached hydrogens (tertiary/aromatic N) is 1. The normalized spacial score (nSPS) is 10.6. The van der Waals surface area contributed by atoms with E-state index in [4.69, 9.17) is 21.4 Å². The number of ether oxygens (including phenoxy) is 1. The van der Waals surface area contributed by atoms with E-state index in [1.807, 2.05) is 54.0 Å². The van der Waals surface area contributed by atoms with Gasteiger partial charge < -0.3 is 19.7 Å². The molecule has 156 valence electrons. The highest BCUT2D eigenvalue weighted by Gasteiger charge is 2.15. The summed E-state index contributed by atoms with van der Waals surface area (Å²) in [5.41, 5.74) is 4.05. The number of carbonyl (C=O) groups is 2. The Hall–Kier alpha value is -3.25. The quantitative estimate of drug-likeness (QED) is 0.543. The first-order valence-electron chi connectivity index (χ1n) is 9.48. The van der Waals surface area contributed by atoms with Crippen molar-refractivity contribution in [2.45, 2.75) is 26.3 Å². The van der Waals surface area contributed by atoms with Crippen molar-refractivity contribution in [2.75, 3.05) is 12.4 Å². The predicted octanol–water partition coefficient (Wildman–Crippen LogP) is 4.78. The van der Waals surface area contributed by atoms with Crippen LogP contribution in [0.5, 0.6) is 5.75 Å². The number of rotatable bonds is 8. The Morgan fingerprint density at radius 3 is 2.47 bits per heavy atom. The number of amides is 1. The van der Waals surface area contributed by atoms with Crippen LogP contribution in [-0.4, -0.2) is 28.7 Å². The smallest absolute Gasteiger partial charge is 0.303 e. The molecule has 0 atom stereocenters. The van der Waals surface area contributed by atoms with E-state index in [2.05, 4.69) is 5.32 Å². The van der Waals surface area contributed by atoms with Crippen LogP contribution in [0.1, 0.15) is 17.7 Å². The number of carbonyl (C=O) groups excluding carboxylic acids is 1. The Balaban J connectivity index is 1.87. The summed E-state index contributed by atoms with van der Waals surface area (Å²) in [6.07, 6.45) is 0.316. The van der Waals surface area contributed by atoms with E-state index in [-0.39, 0.29) is 18.9 Å². The van der Waals surface area contributed by atoms with Crippen molar-refractivity contribution in [3.63, 3.8) is 0 Å². The number of nitrogens with one attached hydrogen (secondary N) is 1. The number of anilines is 1. The van der Waals surface area contributed by atoms with Crippen LogP contribution in [0.25, 0.3) is 11.3 Å². The summed E-state index contributed by atoms with van der Waals surface area (Å²) in [7, 11) is 1.60. The van der Waals surface area contributed by atoms with E-state index in [9.17, 15) is 9.59 Å². The number of halogens is 1. The van der Waals surface area contributed by atoms with Gasteiger partial charge in [-0.15, -0.1) is 0 Å². The minimum Gasteiger partial charge on any atom is -0.497 e.